The summed E-state index contributed by atoms with van der Waals surface area (Å²) in [6.45, 7) is 3.61. The molecule has 0 radical (unpaired) electrons. The van der Waals surface area contributed by atoms with Crippen molar-refractivity contribution in [3.8, 4) is 23.1 Å². The van der Waals surface area contributed by atoms with Crippen molar-refractivity contribution >= 4 is 29.8 Å². The summed E-state index contributed by atoms with van der Waals surface area (Å²) in [6, 6.07) is 10.6. The van der Waals surface area contributed by atoms with Gasteiger partial charge in [-0.2, -0.15) is 31.4 Å². The molecule has 4 amide bonds. The Bertz CT molecular complexity index is 2930. The number of hydrazine groups is 1. The van der Waals surface area contributed by atoms with Gasteiger partial charge in [-0.15, -0.1) is 0 Å². The van der Waals surface area contributed by atoms with Crippen molar-refractivity contribution in [2.45, 2.75) is 121 Å². The van der Waals surface area contributed by atoms with E-state index in [0.717, 1.165) is 77.7 Å². The molecule has 5 N–H and O–H groups in total. The van der Waals surface area contributed by atoms with Crippen molar-refractivity contribution in [2.75, 3.05) is 51.9 Å². The molecule has 1 aliphatic carbocycles. The number of nitrogens with zero attached hydrogens (tertiary/aromatic N) is 6. The fraction of sp³-hybridized carbons (Fsp3) is 0.519. The molecular formula is C54H62F8N10O8. The van der Waals surface area contributed by atoms with Crippen LogP contribution in [0.5, 0.6) is 0 Å². The zero-order chi connectivity index (χ0) is 58.1. The van der Waals surface area contributed by atoms with Crippen LogP contribution in [-0.4, -0.2) is 156 Å². The van der Waals surface area contributed by atoms with Gasteiger partial charge >= 0.3 is 24.5 Å². The highest BCUT2D eigenvalue weighted by Crippen LogP contribution is 2.43. The molecule has 4 aliphatic rings. The quantitative estimate of drug-likeness (QED) is 0.0406. The van der Waals surface area contributed by atoms with Crippen molar-refractivity contribution in [3.63, 3.8) is 0 Å². The Labute approximate surface area is 455 Å². The normalized spacial score (nSPS) is 19.3. The van der Waals surface area contributed by atoms with E-state index < -0.39 is 108 Å². The van der Waals surface area contributed by atoms with E-state index in [1.54, 1.807) is 29.2 Å². The maximum Gasteiger partial charge on any atom is 0.407 e. The van der Waals surface area contributed by atoms with Crippen molar-refractivity contribution in [2.24, 2.45) is 10.8 Å². The summed E-state index contributed by atoms with van der Waals surface area (Å²) in [5, 5.41) is 23.3. The van der Waals surface area contributed by atoms with Gasteiger partial charge in [0.05, 0.1) is 55.7 Å². The number of pyridine rings is 1. The van der Waals surface area contributed by atoms with Crippen molar-refractivity contribution < 1.29 is 73.6 Å². The Kier molecular flexibility index (Phi) is 17.4. The lowest BCUT2D eigenvalue weighted by Gasteiger charge is -2.42. The van der Waals surface area contributed by atoms with E-state index in [1.807, 2.05) is 22.8 Å². The van der Waals surface area contributed by atoms with Gasteiger partial charge in [-0.05, 0) is 101 Å². The zero-order valence-corrected chi connectivity index (χ0v) is 44.6. The van der Waals surface area contributed by atoms with E-state index in [-0.39, 0.29) is 17.3 Å². The third kappa shape index (κ3) is 13.2. The van der Waals surface area contributed by atoms with Gasteiger partial charge in [-0.3, -0.25) is 24.6 Å². The van der Waals surface area contributed by atoms with Crippen LogP contribution in [0, 0.1) is 34.3 Å². The van der Waals surface area contributed by atoms with Crippen LogP contribution < -0.4 is 26.3 Å². The third-order valence-corrected chi connectivity index (χ3v) is 15.2. The number of benzene rings is 2. The number of carbonyl (C=O) groups excluding carboxylic acids is 4. The lowest BCUT2D eigenvalue weighted by Crippen LogP contribution is -2.62. The number of nitrogens with one attached hydrogen (secondary N) is 4. The second kappa shape index (κ2) is 23.6. The van der Waals surface area contributed by atoms with Gasteiger partial charge in [0.15, 0.2) is 6.10 Å². The van der Waals surface area contributed by atoms with Gasteiger partial charge in [-0.25, -0.2) is 28.4 Å². The molecule has 2 aromatic carbocycles. The number of alkyl carbamates (subject to hydrolysis) is 2. The van der Waals surface area contributed by atoms with E-state index in [4.69, 9.17) is 9.47 Å². The van der Waals surface area contributed by atoms with Crippen LogP contribution in [-0.2, 0) is 36.8 Å². The van der Waals surface area contributed by atoms with E-state index in [2.05, 4.69) is 47.2 Å². The number of halogens is 8. The lowest BCUT2D eigenvalue weighted by atomic mass is 9.82. The summed E-state index contributed by atoms with van der Waals surface area (Å²) in [7, 11) is 1.86. The molecular weight excluding hydrogens is 1070 g/mol. The van der Waals surface area contributed by atoms with Crippen LogP contribution in [0.2, 0.25) is 0 Å². The first-order chi connectivity index (χ1) is 37.7. The molecule has 6 atom stereocenters. The number of alkyl halides is 6. The van der Waals surface area contributed by atoms with E-state index in [9.17, 15) is 50.6 Å². The maximum absolute atomic E-state index is 16.2. The lowest BCUT2D eigenvalue weighted by molar-refractivity contribution is -0.239. The first-order valence-electron chi connectivity index (χ1n) is 25.8. The Hall–Kier alpha value is -7.08. The minimum Gasteiger partial charge on any atom is -0.453 e. The molecule has 1 saturated carbocycles. The van der Waals surface area contributed by atoms with Crippen LogP contribution in [0.4, 0.5) is 50.5 Å². The van der Waals surface area contributed by atoms with Crippen LogP contribution in [0.15, 0.2) is 67.0 Å². The summed E-state index contributed by atoms with van der Waals surface area (Å²) in [5.74, 6) is 1.30. The van der Waals surface area contributed by atoms with Gasteiger partial charge in [0.2, 0.25) is 5.91 Å². The predicted molar refractivity (Wildman–Crippen MR) is 272 cm³/mol. The molecule has 3 aliphatic heterocycles. The average Bonchev–Trinajstić information content (AvgIpc) is 3.92. The Morgan fingerprint density at radius 2 is 1.48 bits per heavy atom. The number of hydrogen-bond donors (Lipinski definition) is 5. The molecule has 0 spiro atoms. The van der Waals surface area contributed by atoms with Gasteiger partial charge in [0.1, 0.15) is 28.9 Å². The minimum absolute atomic E-state index is 0.00353. The molecule has 2 aromatic heterocycles. The van der Waals surface area contributed by atoms with Crippen LogP contribution in [0.3, 0.4) is 0 Å². The summed E-state index contributed by atoms with van der Waals surface area (Å²) in [4.78, 5) is 62.5. The van der Waals surface area contributed by atoms with Crippen molar-refractivity contribution in [3.05, 3.63) is 101 Å². The molecule has 26 heteroatoms. The second-order valence-electron chi connectivity index (χ2n) is 21.6. The number of fused-ring (bicyclic) bond motifs is 2. The molecule has 2 bridgehead atoms. The van der Waals surface area contributed by atoms with Gasteiger partial charge in [0.25, 0.3) is 5.91 Å². The largest absolute Gasteiger partial charge is 0.453 e. The van der Waals surface area contributed by atoms with Gasteiger partial charge < -0.3 is 40.2 Å². The molecule has 8 rings (SSSR count). The molecule has 3 saturated heterocycles. The highest BCUT2D eigenvalue weighted by molar-refractivity contribution is 5.87. The highest BCUT2D eigenvalue weighted by Gasteiger charge is 2.58. The van der Waals surface area contributed by atoms with Gasteiger partial charge in [-0.1, -0.05) is 24.0 Å². The minimum atomic E-state index is -5.21. The Balaban J connectivity index is 1.07. The molecule has 80 heavy (non-hydrogen) atoms. The summed E-state index contributed by atoms with van der Waals surface area (Å²) >= 11 is 0. The number of rotatable bonds is 19. The highest BCUT2D eigenvalue weighted by atomic mass is 19.4. The summed E-state index contributed by atoms with van der Waals surface area (Å²) in [6.07, 6.45) is -12.4. The topological polar surface area (TPSA) is 205 Å². The molecule has 4 fully saturated rings. The number of aliphatic hydroxyl groups is 1. The van der Waals surface area contributed by atoms with Crippen LogP contribution in [0.25, 0.3) is 11.3 Å². The number of ether oxygens (including phenoxy) is 3. The molecule has 5 heterocycles. The number of aliphatic hydroxyl groups excluding tert-OH is 1. The molecule has 4 aromatic rings. The Morgan fingerprint density at radius 3 is 2.02 bits per heavy atom. The number of aromatic nitrogens is 3. The number of anilines is 1. The first kappa shape index (κ1) is 59.1. The fourth-order valence-corrected chi connectivity index (χ4v) is 9.74. The molecule has 432 valence electrons. The number of piperazine rings is 1. The van der Waals surface area contributed by atoms with Crippen LogP contribution >= 0.6 is 0 Å². The predicted octanol–water partition coefficient (Wildman–Crippen LogP) is 6.17. The van der Waals surface area contributed by atoms with Crippen LogP contribution in [0.1, 0.15) is 75.3 Å². The summed E-state index contributed by atoms with van der Waals surface area (Å²) < 4.78 is 136. The summed E-state index contributed by atoms with van der Waals surface area (Å²) in [5.41, 5.74) is -3.20. The van der Waals surface area contributed by atoms with Gasteiger partial charge in [0, 0.05) is 80.0 Å². The monoisotopic (exact) mass is 1130 g/mol. The number of methoxy groups -OCH3 is 1. The second-order valence-corrected chi connectivity index (χ2v) is 21.6. The fourth-order valence-electron chi connectivity index (χ4n) is 9.74. The number of likely N-dealkylation sites (tertiary alicyclic amines) is 1. The number of hydrogen-bond acceptors (Lipinski definition) is 13. The first-order valence-corrected chi connectivity index (χ1v) is 25.8. The molecule has 0 unspecified atom stereocenters. The third-order valence-electron chi connectivity index (χ3n) is 15.2. The SMILES string of the molecule is CNC(=O)O[C@H](C(=O)NN(Cc1c(F)cc(-c2ccn(C3CC3)n2)cc1F)C[C@H](O)[C@H](Cc1ccc(C#Cc2ccc(N3C[C@H]4C[C@@H]3CN4C3COC3)nc2)cc1)NC(=O)[C@@H](NC(=O)OC)C(C)(C)C(F)(F)F)C(C)(C)C(F)(F)F. The van der Waals surface area contributed by atoms with E-state index in [1.165, 1.54) is 18.2 Å². The molecule has 18 nitrogen and oxygen atoms in total. The number of carbonyl (C=O) groups is 4. The maximum atomic E-state index is 16.2. The van der Waals surface area contributed by atoms with E-state index in [0.29, 0.717) is 67.5 Å². The smallest absolute Gasteiger partial charge is 0.407 e. The van der Waals surface area contributed by atoms with Crippen molar-refractivity contribution in [1.29, 1.82) is 0 Å². The standard InChI is InChI=1S/C54H62F8N10O8/c1-51(2,53(57,58)59)45(66-50(77)78-6)47(74)65-42(19-31-10-7-30(8-11-31)9-12-32-13-16-44(64-23-32)71-25-35-22-36(71)24-70(35)37-28-79-29-37)43(73)27-69(68-48(75)46(80-49(76)63-5)52(3,4)54(60,61)62)26-38-39(55)20-33(21-40(38)56)41-17-18-72(67-41)34-14-15-34/h7-8,10-11,13,16-18,20-21,23,34-37,42-43,45-46,73H,14-15,19,22,24-29H2,1-6H3,(H,63,76)(H,65,74)(H,66,77)(H,68,75)/t35-,36-,42+,43+,45-,46-/m1/s1. The van der Waals surface area contributed by atoms with E-state index >= 15 is 8.78 Å². The average molecular weight is 1130 g/mol. The van der Waals surface area contributed by atoms with Crippen molar-refractivity contribution in [1.82, 2.24) is 46.0 Å². The Morgan fingerprint density at radius 1 is 0.825 bits per heavy atom. The zero-order valence-electron chi connectivity index (χ0n) is 44.6. The number of amides is 4.